The van der Waals surface area contributed by atoms with Gasteiger partial charge < -0.3 is 9.88 Å². The lowest BCUT2D eigenvalue weighted by atomic mass is 10.1. The van der Waals surface area contributed by atoms with Crippen molar-refractivity contribution in [3.63, 3.8) is 0 Å². The molecular weight excluding hydrogens is 316 g/mol. The van der Waals surface area contributed by atoms with Crippen LogP contribution in [0, 0.1) is 0 Å². The molecule has 1 aliphatic heterocycles. The highest BCUT2D eigenvalue weighted by Crippen LogP contribution is 2.19. The second-order valence-corrected chi connectivity index (χ2v) is 6.21. The second-order valence-electron chi connectivity index (χ2n) is 5.30. The van der Waals surface area contributed by atoms with E-state index in [1.165, 1.54) is 18.4 Å². The fourth-order valence-corrected chi connectivity index (χ4v) is 3.05. The first kappa shape index (κ1) is 13.8. The van der Waals surface area contributed by atoms with Gasteiger partial charge in [-0.1, -0.05) is 28.1 Å². The minimum atomic E-state index is 0.295. The van der Waals surface area contributed by atoms with Crippen LogP contribution in [0.4, 0.5) is 0 Å². The van der Waals surface area contributed by atoms with Gasteiger partial charge in [-0.2, -0.15) is 0 Å². The highest BCUT2D eigenvalue weighted by Gasteiger charge is 2.16. The number of hydrogen-bond donors (Lipinski definition) is 1. The van der Waals surface area contributed by atoms with E-state index in [1.807, 2.05) is 6.07 Å². The van der Waals surface area contributed by atoms with Crippen molar-refractivity contribution in [2.75, 3.05) is 0 Å². The summed E-state index contributed by atoms with van der Waals surface area (Å²) in [7, 11) is 0. The van der Waals surface area contributed by atoms with Crippen LogP contribution in [0.2, 0.25) is 0 Å². The second kappa shape index (κ2) is 6.06. The Hall–Kier alpha value is -1.20. The summed E-state index contributed by atoms with van der Waals surface area (Å²) in [5.74, 6) is 2.20. The van der Waals surface area contributed by atoms with Crippen molar-refractivity contribution >= 4 is 15.9 Å². The van der Waals surface area contributed by atoms with Crippen molar-refractivity contribution in [2.24, 2.45) is 0 Å². The maximum Gasteiger partial charge on any atom is 0.147 e. The molecular formula is C15H19BrN4. The monoisotopic (exact) mass is 334 g/mol. The van der Waals surface area contributed by atoms with Gasteiger partial charge >= 0.3 is 0 Å². The number of aryl methyl sites for hydroxylation is 1. The molecule has 2 aromatic rings. The van der Waals surface area contributed by atoms with Gasteiger partial charge in [-0.25, -0.2) is 0 Å². The summed E-state index contributed by atoms with van der Waals surface area (Å²) in [5, 5.41) is 12.1. The van der Waals surface area contributed by atoms with Crippen molar-refractivity contribution in [2.45, 2.75) is 45.3 Å². The summed E-state index contributed by atoms with van der Waals surface area (Å²) in [4.78, 5) is 0. The summed E-state index contributed by atoms with van der Waals surface area (Å²) in [6, 6.07) is 8.70. The topological polar surface area (TPSA) is 42.7 Å². The number of aromatic nitrogens is 3. The number of halogens is 1. The van der Waals surface area contributed by atoms with Gasteiger partial charge in [0.15, 0.2) is 0 Å². The van der Waals surface area contributed by atoms with Crippen LogP contribution >= 0.6 is 15.9 Å². The van der Waals surface area contributed by atoms with Crippen molar-refractivity contribution < 1.29 is 0 Å². The Morgan fingerprint density at radius 1 is 1.35 bits per heavy atom. The first-order valence-electron chi connectivity index (χ1n) is 7.14. The molecule has 0 aliphatic carbocycles. The smallest absolute Gasteiger partial charge is 0.147 e. The van der Waals surface area contributed by atoms with Crippen LogP contribution in [0.15, 0.2) is 28.7 Å². The van der Waals surface area contributed by atoms with Crippen LogP contribution in [0.1, 0.15) is 43.0 Å². The van der Waals surface area contributed by atoms with E-state index in [0.717, 1.165) is 35.6 Å². The number of hydrogen-bond acceptors (Lipinski definition) is 3. The Kier molecular flexibility index (Phi) is 4.17. The molecule has 0 amide bonds. The fraction of sp³-hybridized carbons (Fsp3) is 0.467. The van der Waals surface area contributed by atoms with E-state index >= 15 is 0 Å². The Morgan fingerprint density at radius 3 is 3.10 bits per heavy atom. The van der Waals surface area contributed by atoms with Crippen LogP contribution in [0.5, 0.6) is 0 Å². The highest BCUT2D eigenvalue weighted by molar-refractivity contribution is 9.10. The maximum absolute atomic E-state index is 4.32. The van der Waals surface area contributed by atoms with E-state index in [1.54, 1.807) is 0 Å². The van der Waals surface area contributed by atoms with Gasteiger partial charge in [0.1, 0.15) is 11.6 Å². The third kappa shape index (κ3) is 2.94. The van der Waals surface area contributed by atoms with Gasteiger partial charge in [0, 0.05) is 23.5 Å². The number of fused-ring (bicyclic) bond motifs is 1. The number of benzene rings is 1. The lowest BCUT2D eigenvalue weighted by Crippen LogP contribution is -2.22. The molecule has 0 fully saturated rings. The molecule has 4 nitrogen and oxygen atoms in total. The number of nitrogens with one attached hydrogen (secondary N) is 1. The van der Waals surface area contributed by atoms with Crippen LogP contribution in [-0.2, 0) is 19.5 Å². The molecule has 0 spiro atoms. The summed E-state index contributed by atoms with van der Waals surface area (Å²) < 4.78 is 3.38. The predicted octanol–water partition coefficient (Wildman–Crippen LogP) is 3.23. The SMILES string of the molecule is C[C@H](NCc1nnc2n1CCCC2)c1cccc(Br)c1. The molecule has 20 heavy (non-hydrogen) atoms. The van der Waals surface area contributed by atoms with Crippen molar-refractivity contribution in [3.05, 3.63) is 46.0 Å². The largest absolute Gasteiger partial charge is 0.314 e. The van der Waals surface area contributed by atoms with Gasteiger partial charge in [0.2, 0.25) is 0 Å². The molecule has 106 valence electrons. The molecule has 0 unspecified atom stereocenters. The normalized spacial score (nSPS) is 15.9. The third-order valence-corrected chi connectivity index (χ3v) is 4.34. The molecule has 1 atom stereocenters. The van der Waals surface area contributed by atoms with Crippen LogP contribution in [-0.4, -0.2) is 14.8 Å². The van der Waals surface area contributed by atoms with Gasteiger partial charge in [-0.3, -0.25) is 0 Å². The van der Waals surface area contributed by atoms with Crippen molar-refractivity contribution in [3.8, 4) is 0 Å². The zero-order valence-corrected chi connectivity index (χ0v) is 13.2. The Morgan fingerprint density at radius 2 is 2.25 bits per heavy atom. The molecule has 0 radical (unpaired) electrons. The molecule has 0 bridgehead atoms. The Labute approximate surface area is 127 Å². The fourth-order valence-electron chi connectivity index (χ4n) is 2.64. The molecule has 1 aromatic carbocycles. The summed E-state index contributed by atoms with van der Waals surface area (Å²) in [6.07, 6.45) is 3.54. The average Bonchev–Trinajstić information content (AvgIpc) is 2.88. The minimum Gasteiger partial charge on any atom is -0.314 e. The molecule has 0 saturated carbocycles. The van der Waals surface area contributed by atoms with E-state index in [-0.39, 0.29) is 0 Å². The first-order valence-corrected chi connectivity index (χ1v) is 7.93. The molecule has 1 aliphatic rings. The third-order valence-electron chi connectivity index (χ3n) is 3.85. The summed E-state index contributed by atoms with van der Waals surface area (Å²) >= 11 is 3.52. The standard InChI is InChI=1S/C15H19BrN4/c1-11(12-5-4-6-13(16)9-12)17-10-15-19-18-14-7-2-3-8-20(14)15/h4-6,9,11,17H,2-3,7-8,10H2,1H3/t11-/m0/s1. The predicted molar refractivity (Wildman–Crippen MR) is 82.4 cm³/mol. The molecule has 2 heterocycles. The molecule has 1 N–H and O–H groups in total. The van der Waals surface area contributed by atoms with Crippen LogP contribution in [0.3, 0.4) is 0 Å². The van der Waals surface area contributed by atoms with Crippen LogP contribution < -0.4 is 5.32 Å². The lowest BCUT2D eigenvalue weighted by molar-refractivity contribution is 0.484. The van der Waals surface area contributed by atoms with Crippen molar-refractivity contribution in [1.82, 2.24) is 20.1 Å². The summed E-state index contributed by atoms with van der Waals surface area (Å²) in [6.45, 7) is 4.00. The Balaban J connectivity index is 1.66. The molecule has 3 rings (SSSR count). The van der Waals surface area contributed by atoms with Crippen molar-refractivity contribution in [1.29, 1.82) is 0 Å². The first-order chi connectivity index (χ1) is 9.74. The quantitative estimate of drug-likeness (QED) is 0.933. The van der Waals surface area contributed by atoms with E-state index in [4.69, 9.17) is 0 Å². The number of rotatable bonds is 4. The molecule has 5 heteroatoms. The van der Waals surface area contributed by atoms with E-state index in [2.05, 4.69) is 61.1 Å². The summed E-state index contributed by atoms with van der Waals surface area (Å²) in [5.41, 5.74) is 1.28. The van der Waals surface area contributed by atoms with Crippen LogP contribution in [0.25, 0.3) is 0 Å². The van der Waals surface area contributed by atoms with Gasteiger partial charge in [-0.05, 0) is 37.5 Å². The number of nitrogens with zero attached hydrogens (tertiary/aromatic N) is 3. The minimum absolute atomic E-state index is 0.295. The molecule has 0 saturated heterocycles. The lowest BCUT2D eigenvalue weighted by Gasteiger charge is -2.17. The average molecular weight is 335 g/mol. The zero-order chi connectivity index (χ0) is 13.9. The highest BCUT2D eigenvalue weighted by atomic mass is 79.9. The zero-order valence-electron chi connectivity index (χ0n) is 11.6. The van der Waals surface area contributed by atoms with E-state index < -0.39 is 0 Å². The maximum atomic E-state index is 4.32. The Bertz CT molecular complexity index is 593. The van der Waals surface area contributed by atoms with E-state index in [0.29, 0.717) is 6.04 Å². The van der Waals surface area contributed by atoms with Gasteiger partial charge in [0.05, 0.1) is 6.54 Å². The molecule has 1 aromatic heterocycles. The van der Waals surface area contributed by atoms with Gasteiger partial charge in [-0.15, -0.1) is 10.2 Å². The van der Waals surface area contributed by atoms with Gasteiger partial charge in [0.25, 0.3) is 0 Å². The van der Waals surface area contributed by atoms with E-state index in [9.17, 15) is 0 Å².